The maximum Gasteiger partial charge on any atom is 0.182 e. The number of hydrogen-bond acceptors (Lipinski definition) is 2. The molecule has 2 N–H and O–H groups in total. The summed E-state index contributed by atoms with van der Waals surface area (Å²) in [6.45, 7) is 0.447. The fraction of sp³-hybridized carbons (Fsp3) is 0.133. The van der Waals surface area contributed by atoms with Crippen molar-refractivity contribution in [3.8, 4) is 0 Å². The molecule has 0 heterocycles. The van der Waals surface area contributed by atoms with Crippen molar-refractivity contribution < 1.29 is 8.78 Å². The van der Waals surface area contributed by atoms with Crippen molar-refractivity contribution in [2.75, 3.05) is 11.9 Å². The molecule has 0 fully saturated rings. The van der Waals surface area contributed by atoms with Crippen LogP contribution in [0.1, 0.15) is 11.1 Å². The van der Waals surface area contributed by atoms with Crippen LogP contribution >= 0.6 is 28.1 Å². The van der Waals surface area contributed by atoms with Gasteiger partial charge in [-0.1, -0.05) is 40.3 Å². The highest BCUT2D eigenvalue weighted by Crippen LogP contribution is 2.25. The molecule has 0 amide bonds. The quantitative estimate of drug-likeness (QED) is 0.824. The highest BCUT2D eigenvalue weighted by atomic mass is 79.9. The minimum Gasteiger partial charge on any atom is -0.389 e. The Balaban J connectivity index is 2.29. The summed E-state index contributed by atoms with van der Waals surface area (Å²) in [5.74, 6) is -1.96. The standard InChI is InChI=1S/C15H13BrF2N2S/c1-20(8-9-3-2-4-10(16)7-9)12-6-5-11(15(19)21)13(17)14(12)18/h2-7H,8H2,1H3,(H2,19,21). The summed E-state index contributed by atoms with van der Waals surface area (Å²) in [7, 11) is 1.69. The van der Waals surface area contributed by atoms with E-state index in [0.29, 0.717) is 6.54 Å². The lowest BCUT2D eigenvalue weighted by Crippen LogP contribution is -2.20. The van der Waals surface area contributed by atoms with Crippen LogP contribution in [0.4, 0.5) is 14.5 Å². The average molecular weight is 371 g/mol. The summed E-state index contributed by atoms with van der Waals surface area (Å²) in [5.41, 5.74) is 6.41. The molecule has 2 aromatic carbocycles. The second-order valence-corrected chi connectivity index (χ2v) is 5.97. The molecule has 0 aromatic heterocycles. The molecule has 0 saturated heterocycles. The molecule has 0 unspecified atom stereocenters. The summed E-state index contributed by atoms with van der Waals surface area (Å²) in [6.07, 6.45) is 0. The molecular weight excluding hydrogens is 358 g/mol. The minimum absolute atomic E-state index is 0.0814. The van der Waals surface area contributed by atoms with Crippen LogP contribution in [0.5, 0.6) is 0 Å². The lowest BCUT2D eigenvalue weighted by molar-refractivity contribution is 0.506. The van der Waals surface area contributed by atoms with Crippen molar-refractivity contribution >= 4 is 38.8 Å². The zero-order valence-electron chi connectivity index (χ0n) is 11.2. The first-order chi connectivity index (χ1) is 9.90. The minimum atomic E-state index is -1.01. The van der Waals surface area contributed by atoms with E-state index in [9.17, 15) is 8.78 Å². The van der Waals surface area contributed by atoms with Crippen LogP contribution in [0, 0.1) is 11.6 Å². The van der Waals surface area contributed by atoms with Gasteiger partial charge in [0.2, 0.25) is 0 Å². The Morgan fingerprint density at radius 1 is 1.24 bits per heavy atom. The second kappa shape index (κ2) is 6.49. The third-order valence-corrected chi connectivity index (χ3v) is 3.76. The number of benzene rings is 2. The van der Waals surface area contributed by atoms with Crippen molar-refractivity contribution in [2.24, 2.45) is 5.73 Å². The van der Waals surface area contributed by atoms with E-state index < -0.39 is 11.6 Å². The molecule has 0 saturated carbocycles. The van der Waals surface area contributed by atoms with Crippen LogP contribution in [-0.4, -0.2) is 12.0 Å². The highest BCUT2D eigenvalue weighted by molar-refractivity contribution is 9.10. The van der Waals surface area contributed by atoms with E-state index in [0.717, 1.165) is 10.0 Å². The first kappa shape index (κ1) is 15.9. The van der Waals surface area contributed by atoms with Crippen molar-refractivity contribution in [3.63, 3.8) is 0 Å². The van der Waals surface area contributed by atoms with E-state index in [1.165, 1.54) is 12.1 Å². The van der Waals surface area contributed by atoms with Crippen LogP contribution in [0.15, 0.2) is 40.9 Å². The number of nitrogens with zero attached hydrogens (tertiary/aromatic N) is 1. The number of rotatable bonds is 4. The maximum atomic E-state index is 14.1. The number of hydrogen-bond donors (Lipinski definition) is 1. The van der Waals surface area contributed by atoms with Gasteiger partial charge in [-0.05, 0) is 29.8 Å². The van der Waals surface area contributed by atoms with E-state index in [4.69, 9.17) is 5.73 Å². The Morgan fingerprint density at radius 2 is 1.95 bits per heavy atom. The van der Waals surface area contributed by atoms with Crippen LogP contribution in [-0.2, 0) is 6.54 Å². The normalized spacial score (nSPS) is 10.5. The van der Waals surface area contributed by atoms with Gasteiger partial charge >= 0.3 is 0 Å². The smallest absolute Gasteiger partial charge is 0.182 e. The zero-order chi connectivity index (χ0) is 15.6. The second-order valence-electron chi connectivity index (χ2n) is 4.61. The van der Waals surface area contributed by atoms with Crippen molar-refractivity contribution in [2.45, 2.75) is 6.54 Å². The molecule has 2 nitrogen and oxygen atoms in total. The van der Waals surface area contributed by atoms with Gasteiger partial charge < -0.3 is 10.6 Å². The third kappa shape index (κ3) is 3.57. The summed E-state index contributed by atoms with van der Waals surface area (Å²) >= 11 is 8.07. The molecule has 0 spiro atoms. The number of thiocarbonyl (C=S) groups is 1. The van der Waals surface area contributed by atoms with Crippen LogP contribution in [0.3, 0.4) is 0 Å². The van der Waals surface area contributed by atoms with Gasteiger partial charge in [-0.15, -0.1) is 0 Å². The molecule has 6 heteroatoms. The van der Waals surface area contributed by atoms with Crippen LogP contribution in [0.2, 0.25) is 0 Å². The van der Waals surface area contributed by atoms with E-state index in [-0.39, 0.29) is 16.2 Å². The van der Waals surface area contributed by atoms with Crippen molar-refractivity contribution in [3.05, 3.63) is 63.6 Å². The third-order valence-electron chi connectivity index (χ3n) is 3.05. The van der Waals surface area contributed by atoms with Crippen LogP contribution < -0.4 is 10.6 Å². The summed E-state index contributed by atoms with van der Waals surface area (Å²) < 4.78 is 28.9. The van der Waals surface area contributed by atoms with Crippen LogP contribution in [0.25, 0.3) is 0 Å². The monoisotopic (exact) mass is 370 g/mol. The molecule has 0 aliphatic heterocycles. The molecule has 0 bridgehead atoms. The Kier molecular flexibility index (Phi) is 4.90. The molecule has 0 aliphatic rings. The molecule has 0 aliphatic carbocycles. The van der Waals surface area contributed by atoms with Gasteiger partial charge in [0.05, 0.1) is 5.69 Å². The van der Waals surface area contributed by atoms with Gasteiger partial charge in [0.1, 0.15) is 4.99 Å². The predicted octanol–water partition coefficient (Wildman–Crippen LogP) is 4.00. The average Bonchev–Trinajstić information content (AvgIpc) is 2.41. The van der Waals surface area contributed by atoms with E-state index in [2.05, 4.69) is 28.1 Å². The first-order valence-electron chi connectivity index (χ1n) is 6.13. The predicted molar refractivity (Wildman–Crippen MR) is 88.5 cm³/mol. The largest absolute Gasteiger partial charge is 0.389 e. The summed E-state index contributed by atoms with van der Waals surface area (Å²) in [5, 5.41) is 0. The Morgan fingerprint density at radius 3 is 2.57 bits per heavy atom. The molecule has 0 radical (unpaired) electrons. The van der Waals surface area contributed by atoms with Gasteiger partial charge in [0, 0.05) is 23.6 Å². The fourth-order valence-corrected chi connectivity index (χ4v) is 2.62. The van der Waals surface area contributed by atoms with Crippen molar-refractivity contribution in [1.82, 2.24) is 0 Å². The topological polar surface area (TPSA) is 29.3 Å². The van der Waals surface area contributed by atoms with Gasteiger partial charge in [0.25, 0.3) is 0 Å². The number of nitrogens with two attached hydrogens (primary N) is 1. The Hall–Kier alpha value is -1.53. The fourth-order valence-electron chi connectivity index (χ4n) is 2.02. The molecule has 110 valence electrons. The Labute approximate surface area is 135 Å². The molecular formula is C15H13BrF2N2S. The first-order valence-corrected chi connectivity index (χ1v) is 7.33. The molecule has 0 atom stereocenters. The number of anilines is 1. The van der Waals surface area contributed by atoms with Gasteiger partial charge in [-0.25, -0.2) is 8.78 Å². The van der Waals surface area contributed by atoms with Crippen molar-refractivity contribution in [1.29, 1.82) is 0 Å². The highest BCUT2D eigenvalue weighted by Gasteiger charge is 2.17. The molecule has 21 heavy (non-hydrogen) atoms. The Bertz CT molecular complexity index is 691. The maximum absolute atomic E-state index is 14.1. The van der Waals surface area contributed by atoms with E-state index >= 15 is 0 Å². The summed E-state index contributed by atoms with van der Waals surface area (Å²) in [6, 6.07) is 10.5. The lowest BCUT2D eigenvalue weighted by Gasteiger charge is -2.21. The SMILES string of the molecule is CN(Cc1cccc(Br)c1)c1ccc(C(N)=S)c(F)c1F. The van der Waals surface area contributed by atoms with Gasteiger partial charge in [0.15, 0.2) is 11.6 Å². The lowest BCUT2D eigenvalue weighted by atomic mass is 10.1. The van der Waals surface area contributed by atoms with E-state index in [1.54, 1.807) is 11.9 Å². The zero-order valence-corrected chi connectivity index (χ0v) is 13.6. The summed E-state index contributed by atoms with van der Waals surface area (Å²) in [4.78, 5) is 1.47. The van der Waals surface area contributed by atoms with Gasteiger partial charge in [-0.2, -0.15) is 0 Å². The number of halogens is 3. The molecule has 2 aromatic rings. The molecule has 2 rings (SSSR count). The van der Waals surface area contributed by atoms with E-state index in [1.807, 2.05) is 24.3 Å². The van der Waals surface area contributed by atoms with Gasteiger partial charge in [-0.3, -0.25) is 0 Å².